The molecule has 1 aliphatic heterocycles. The molecule has 0 aliphatic carbocycles. The number of hydrogen-bond donors (Lipinski definition) is 0. The predicted molar refractivity (Wildman–Crippen MR) is 120 cm³/mol. The van der Waals surface area contributed by atoms with Crippen molar-refractivity contribution in [3.63, 3.8) is 0 Å². The van der Waals surface area contributed by atoms with Crippen LogP contribution in [0.15, 0.2) is 90.5 Å². The Bertz CT molecular complexity index is 1040. The van der Waals surface area contributed by atoms with Gasteiger partial charge in [-0.1, -0.05) is 78.7 Å². The van der Waals surface area contributed by atoms with Crippen molar-refractivity contribution in [3.05, 3.63) is 112 Å². The molecule has 2 nitrogen and oxygen atoms in total. The third-order valence-corrected chi connectivity index (χ3v) is 5.76. The minimum atomic E-state index is -0.151. The highest BCUT2D eigenvalue weighted by molar-refractivity contribution is 6.30. The Labute approximate surface area is 177 Å². The number of hydrogen-bond acceptors (Lipinski definition) is 1. The van der Waals surface area contributed by atoms with Crippen LogP contribution in [0.25, 0.3) is 0 Å². The standard InChI is InChI=1S/C26H24ClNO/c1-18-11-13-24(14-12-18)28-25(21-9-6-10-23(27)16-21)17-22(26(28)29)15-19(2)20-7-4-3-5-8-20/h3-14,16-17,19,25H,15H2,1-2H3/t19-,25+/m0/s1. The van der Waals surface area contributed by atoms with E-state index in [9.17, 15) is 4.79 Å². The van der Waals surface area contributed by atoms with E-state index in [2.05, 4.69) is 32.1 Å². The highest BCUT2D eigenvalue weighted by Gasteiger charge is 2.35. The maximum atomic E-state index is 13.5. The lowest BCUT2D eigenvalue weighted by molar-refractivity contribution is -0.115. The summed E-state index contributed by atoms with van der Waals surface area (Å²) in [7, 11) is 0. The summed E-state index contributed by atoms with van der Waals surface area (Å²) >= 11 is 6.25. The van der Waals surface area contributed by atoms with Crippen LogP contribution in [0.3, 0.4) is 0 Å². The molecule has 3 aromatic rings. The number of carbonyl (C=O) groups is 1. The van der Waals surface area contributed by atoms with Crippen LogP contribution in [0, 0.1) is 6.92 Å². The third kappa shape index (κ3) is 4.13. The number of benzene rings is 3. The zero-order valence-corrected chi connectivity index (χ0v) is 17.4. The Kier molecular flexibility index (Phi) is 5.55. The summed E-state index contributed by atoms with van der Waals surface area (Å²) in [4.78, 5) is 15.3. The number of halogens is 1. The van der Waals surface area contributed by atoms with E-state index in [1.165, 1.54) is 11.1 Å². The lowest BCUT2D eigenvalue weighted by atomic mass is 9.93. The van der Waals surface area contributed by atoms with Crippen molar-refractivity contribution in [2.24, 2.45) is 0 Å². The predicted octanol–water partition coefficient (Wildman–Crippen LogP) is 6.86. The van der Waals surface area contributed by atoms with Gasteiger partial charge >= 0.3 is 0 Å². The third-order valence-electron chi connectivity index (χ3n) is 5.53. The van der Waals surface area contributed by atoms with E-state index >= 15 is 0 Å². The topological polar surface area (TPSA) is 20.3 Å². The molecule has 0 unspecified atom stereocenters. The fourth-order valence-electron chi connectivity index (χ4n) is 3.92. The molecule has 0 N–H and O–H groups in total. The number of aryl methyl sites for hydroxylation is 1. The van der Waals surface area contributed by atoms with Crippen LogP contribution in [-0.2, 0) is 4.79 Å². The minimum absolute atomic E-state index is 0.0709. The molecule has 4 rings (SSSR count). The van der Waals surface area contributed by atoms with Gasteiger partial charge in [-0.3, -0.25) is 9.69 Å². The zero-order valence-electron chi connectivity index (χ0n) is 16.7. The van der Waals surface area contributed by atoms with E-state index in [4.69, 9.17) is 11.6 Å². The van der Waals surface area contributed by atoms with Crippen LogP contribution in [0.2, 0.25) is 5.02 Å². The second-order valence-electron chi connectivity index (χ2n) is 7.72. The molecular weight excluding hydrogens is 378 g/mol. The fraction of sp³-hybridized carbons (Fsp3) is 0.192. The van der Waals surface area contributed by atoms with Crippen molar-refractivity contribution >= 4 is 23.2 Å². The van der Waals surface area contributed by atoms with Crippen molar-refractivity contribution in [3.8, 4) is 0 Å². The highest BCUT2D eigenvalue weighted by atomic mass is 35.5. The minimum Gasteiger partial charge on any atom is -0.298 e. The van der Waals surface area contributed by atoms with Crippen LogP contribution < -0.4 is 4.90 Å². The van der Waals surface area contributed by atoms with E-state index < -0.39 is 0 Å². The summed E-state index contributed by atoms with van der Waals surface area (Å²) in [5, 5.41) is 0.679. The quantitative estimate of drug-likeness (QED) is 0.457. The van der Waals surface area contributed by atoms with E-state index in [1.54, 1.807) is 0 Å². The van der Waals surface area contributed by atoms with Gasteiger partial charge in [0.2, 0.25) is 0 Å². The average Bonchev–Trinajstić information content (AvgIpc) is 3.05. The highest BCUT2D eigenvalue weighted by Crippen LogP contribution is 2.39. The molecule has 3 heteroatoms. The lowest BCUT2D eigenvalue weighted by Gasteiger charge is -2.26. The largest absolute Gasteiger partial charge is 0.298 e. The van der Waals surface area contributed by atoms with Gasteiger partial charge in [-0.15, -0.1) is 0 Å². The maximum Gasteiger partial charge on any atom is 0.254 e. The second-order valence-corrected chi connectivity index (χ2v) is 8.15. The Morgan fingerprint density at radius 2 is 1.69 bits per heavy atom. The molecule has 1 amide bonds. The van der Waals surface area contributed by atoms with Crippen LogP contribution in [-0.4, -0.2) is 5.91 Å². The summed E-state index contributed by atoms with van der Waals surface area (Å²) in [5.41, 5.74) is 5.20. The summed E-state index contributed by atoms with van der Waals surface area (Å²) in [6.45, 7) is 4.22. The first-order valence-electron chi connectivity index (χ1n) is 9.94. The first kappa shape index (κ1) is 19.5. The first-order chi connectivity index (χ1) is 14.0. The normalized spacial score (nSPS) is 17.3. The molecule has 1 heterocycles. The molecule has 1 aliphatic rings. The van der Waals surface area contributed by atoms with Gasteiger partial charge in [0.25, 0.3) is 5.91 Å². The Hall–Kier alpha value is -2.84. The van der Waals surface area contributed by atoms with Gasteiger partial charge in [-0.05, 0) is 60.7 Å². The fourth-order valence-corrected chi connectivity index (χ4v) is 4.12. The van der Waals surface area contributed by atoms with Crippen LogP contribution in [0.1, 0.15) is 42.0 Å². The molecule has 0 saturated heterocycles. The van der Waals surface area contributed by atoms with Crippen molar-refractivity contribution in [2.75, 3.05) is 4.90 Å². The van der Waals surface area contributed by atoms with Gasteiger partial charge in [0.1, 0.15) is 0 Å². The van der Waals surface area contributed by atoms with Crippen LogP contribution >= 0.6 is 11.6 Å². The van der Waals surface area contributed by atoms with Crippen molar-refractivity contribution in [1.82, 2.24) is 0 Å². The number of rotatable bonds is 5. The SMILES string of the molecule is Cc1ccc(N2C(=O)C(C[C@H](C)c3ccccc3)=C[C@@H]2c2cccc(Cl)c2)cc1. The maximum absolute atomic E-state index is 13.5. The van der Waals surface area contributed by atoms with Gasteiger partial charge in [0.15, 0.2) is 0 Å². The zero-order chi connectivity index (χ0) is 20.4. The van der Waals surface area contributed by atoms with Gasteiger partial charge in [0.05, 0.1) is 6.04 Å². The Morgan fingerprint density at radius 1 is 0.966 bits per heavy atom. The molecular formula is C26H24ClNO. The number of amides is 1. The summed E-state index contributed by atoms with van der Waals surface area (Å²) in [6, 6.07) is 26.1. The lowest BCUT2D eigenvalue weighted by Crippen LogP contribution is -2.29. The van der Waals surface area contributed by atoms with Gasteiger partial charge in [0, 0.05) is 16.3 Å². The van der Waals surface area contributed by atoms with Gasteiger partial charge < -0.3 is 0 Å². The first-order valence-corrected chi connectivity index (χ1v) is 10.3. The molecule has 146 valence electrons. The molecule has 0 saturated carbocycles. The molecule has 0 fully saturated rings. The molecule has 0 radical (unpaired) electrons. The molecule has 3 aromatic carbocycles. The Balaban J connectivity index is 1.69. The number of carbonyl (C=O) groups excluding carboxylic acids is 1. The van der Waals surface area contributed by atoms with E-state index in [0.29, 0.717) is 11.4 Å². The monoisotopic (exact) mass is 401 g/mol. The van der Waals surface area contributed by atoms with Gasteiger partial charge in [-0.25, -0.2) is 0 Å². The second kappa shape index (κ2) is 8.26. The van der Waals surface area contributed by atoms with E-state index in [-0.39, 0.29) is 17.9 Å². The molecule has 0 bridgehead atoms. The van der Waals surface area contributed by atoms with Crippen LogP contribution in [0.5, 0.6) is 0 Å². The Morgan fingerprint density at radius 3 is 2.38 bits per heavy atom. The molecule has 0 aromatic heterocycles. The summed E-state index contributed by atoms with van der Waals surface area (Å²) in [5.74, 6) is 0.339. The molecule has 0 spiro atoms. The van der Waals surface area contributed by atoms with E-state index in [1.807, 2.05) is 71.6 Å². The van der Waals surface area contributed by atoms with Crippen molar-refractivity contribution in [2.45, 2.75) is 32.2 Å². The average molecular weight is 402 g/mol. The summed E-state index contributed by atoms with van der Waals surface area (Å²) < 4.78 is 0. The molecule has 2 atom stereocenters. The van der Waals surface area contributed by atoms with Crippen molar-refractivity contribution < 1.29 is 4.79 Å². The van der Waals surface area contributed by atoms with Gasteiger partial charge in [-0.2, -0.15) is 0 Å². The van der Waals surface area contributed by atoms with Crippen LogP contribution in [0.4, 0.5) is 5.69 Å². The summed E-state index contributed by atoms with van der Waals surface area (Å²) in [6.07, 6.45) is 2.82. The number of anilines is 1. The van der Waals surface area contributed by atoms with Crippen molar-refractivity contribution in [1.29, 1.82) is 0 Å². The smallest absolute Gasteiger partial charge is 0.254 e. The molecule has 29 heavy (non-hydrogen) atoms. The van der Waals surface area contributed by atoms with E-state index in [0.717, 1.165) is 16.8 Å². The number of nitrogens with zero attached hydrogens (tertiary/aromatic N) is 1.